The van der Waals surface area contributed by atoms with Crippen LogP contribution in [0.1, 0.15) is 98.8 Å². The number of hydrogen-bond donors (Lipinski definition) is 4. The molecular formula is C30H51NO5S. The number of carboxylic acids is 1. The maximum Gasteiger partial charge on any atom is 0.407 e. The molecule has 6 nitrogen and oxygen atoms in total. The zero-order valence-corrected chi connectivity index (χ0v) is 24.5. The summed E-state index contributed by atoms with van der Waals surface area (Å²) in [5.41, 5.74) is 0.304. The van der Waals surface area contributed by atoms with E-state index in [0.717, 1.165) is 57.8 Å². The number of aliphatic hydroxyl groups is 1. The Morgan fingerprint density at radius 2 is 1.73 bits per heavy atom. The molecule has 4 saturated carbocycles. The minimum absolute atomic E-state index is 0.0559. The first kappa shape index (κ1) is 29.0. The molecular weight excluding hydrogens is 486 g/mol. The van der Waals surface area contributed by atoms with Gasteiger partial charge in [-0.05, 0) is 111 Å². The van der Waals surface area contributed by atoms with Crippen LogP contribution in [0.25, 0.3) is 0 Å². The number of carbonyl (C=O) groups excluding carboxylic acids is 1. The summed E-state index contributed by atoms with van der Waals surface area (Å²) < 4.78 is 6.45. The average Bonchev–Trinajstić information content (AvgIpc) is 3.20. The topological polar surface area (TPSA) is 95.9 Å². The monoisotopic (exact) mass is 537 g/mol. The van der Waals surface area contributed by atoms with Crippen LogP contribution in [0.4, 0.5) is 4.79 Å². The van der Waals surface area contributed by atoms with E-state index in [-0.39, 0.29) is 47.5 Å². The first-order valence-corrected chi connectivity index (χ1v) is 15.6. The molecule has 1 unspecified atom stereocenters. The van der Waals surface area contributed by atoms with E-state index >= 15 is 0 Å². The van der Waals surface area contributed by atoms with Crippen LogP contribution in [0.5, 0.6) is 0 Å². The quantitative estimate of drug-likeness (QED) is 0.278. The minimum atomic E-state index is -0.707. The molecule has 0 aromatic heterocycles. The van der Waals surface area contributed by atoms with Gasteiger partial charge < -0.3 is 20.3 Å². The number of nitrogens with one attached hydrogen (secondary N) is 1. The molecule has 4 rings (SSSR count). The van der Waals surface area contributed by atoms with E-state index in [9.17, 15) is 19.8 Å². The van der Waals surface area contributed by atoms with Gasteiger partial charge in [0, 0.05) is 24.1 Å². The molecule has 0 saturated heterocycles. The van der Waals surface area contributed by atoms with Crippen LogP contribution < -0.4 is 5.32 Å². The molecule has 0 bridgehead atoms. The average molecular weight is 538 g/mol. The minimum Gasteiger partial charge on any atom is -0.481 e. The summed E-state index contributed by atoms with van der Waals surface area (Å²) in [6.07, 6.45) is 8.46. The van der Waals surface area contributed by atoms with Crippen molar-refractivity contribution in [3.63, 3.8) is 0 Å². The number of rotatable bonds is 8. The van der Waals surface area contributed by atoms with Crippen molar-refractivity contribution in [1.82, 2.24) is 5.32 Å². The van der Waals surface area contributed by atoms with E-state index in [4.69, 9.17) is 4.74 Å². The van der Waals surface area contributed by atoms with Gasteiger partial charge in [0.05, 0.1) is 6.10 Å². The fourth-order valence-electron chi connectivity index (χ4n) is 10.0. The smallest absolute Gasteiger partial charge is 0.407 e. The summed E-state index contributed by atoms with van der Waals surface area (Å²) in [4.78, 5) is 24.4. The number of aliphatic hydroxyl groups excluding tert-OH is 1. The summed E-state index contributed by atoms with van der Waals surface area (Å²) in [6, 6.07) is -0.0559. The summed E-state index contributed by atoms with van der Waals surface area (Å²) in [5, 5.41) is 23.0. The van der Waals surface area contributed by atoms with Gasteiger partial charge in [-0.2, -0.15) is 12.6 Å². The van der Waals surface area contributed by atoms with Crippen molar-refractivity contribution in [2.24, 2.45) is 52.3 Å². The first-order chi connectivity index (χ1) is 17.5. The van der Waals surface area contributed by atoms with Crippen molar-refractivity contribution >= 4 is 24.7 Å². The van der Waals surface area contributed by atoms with Gasteiger partial charge in [-0.3, -0.25) is 4.79 Å². The van der Waals surface area contributed by atoms with E-state index in [1.54, 1.807) is 0 Å². The van der Waals surface area contributed by atoms with Crippen LogP contribution in [0, 0.1) is 52.3 Å². The van der Waals surface area contributed by atoms with Gasteiger partial charge >= 0.3 is 12.1 Å². The van der Waals surface area contributed by atoms with Crippen LogP contribution in [0.15, 0.2) is 0 Å². The van der Waals surface area contributed by atoms with Crippen molar-refractivity contribution in [2.45, 2.75) is 117 Å². The lowest BCUT2D eigenvalue weighted by Gasteiger charge is -2.65. The highest BCUT2D eigenvalue weighted by atomic mass is 32.1. The molecule has 212 valence electrons. The summed E-state index contributed by atoms with van der Waals surface area (Å²) >= 11 is 4.33. The Morgan fingerprint density at radius 3 is 2.38 bits per heavy atom. The molecule has 3 N–H and O–H groups in total. The molecule has 4 aliphatic rings. The molecule has 0 aromatic rings. The second-order valence-electron chi connectivity index (χ2n) is 13.6. The zero-order chi connectivity index (χ0) is 27.1. The van der Waals surface area contributed by atoms with Crippen LogP contribution in [-0.2, 0) is 9.53 Å². The molecule has 0 heterocycles. The lowest BCUT2D eigenvalue weighted by Crippen LogP contribution is -2.63. The summed E-state index contributed by atoms with van der Waals surface area (Å²) in [6.45, 7) is 11.4. The molecule has 7 heteroatoms. The van der Waals surface area contributed by atoms with Gasteiger partial charge in [-0.1, -0.05) is 27.7 Å². The van der Waals surface area contributed by atoms with Crippen molar-refractivity contribution < 1.29 is 24.5 Å². The molecule has 0 aromatic carbocycles. The Labute approximate surface area is 229 Å². The largest absolute Gasteiger partial charge is 0.481 e. The van der Waals surface area contributed by atoms with Crippen molar-refractivity contribution in [1.29, 1.82) is 0 Å². The molecule has 4 aliphatic carbocycles. The highest BCUT2D eigenvalue weighted by Gasteiger charge is 2.66. The number of hydrogen-bond acceptors (Lipinski definition) is 5. The molecule has 0 radical (unpaired) electrons. The van der Waals surface area contributed by atoms with E-state index < -0.39 is 5.97 Å². The second-order valence-corrected chi connectivity index (χ2v) is 14.0. The molecule has 12 atom stereocenters. The first-order valence-electron chi connectivity index (χ1n) is 14.9. The third-order valence-corrected chi connectivity index (χ3v) is 12.4. The zero-order valence-electron chi connectivity index (χ0n) is 23.6. The van der Waals surface area contributed by atoms with Gasteiger partial charge in [-0.25, -0.2) is 4.79 Å². The number of ether oxygens (including phenoxy) is 1. The number of thiol groups is 1. The Hall–Kier alpha value is -0.950. The van der Waals surface area contributed by atoms with Gasteiger partial charge in [-0.15, -0.1) is 0 Å². The summed E-state index contributed by atoms with van der Waals surface area (Å²) in [7, 11) is 0. The lowest BCUT2D eigenvalue weighted by atomic mass is 9.41. The summed E-state index contributed by atoms with van der Waals surface area (Å²) in [5.74, 6) is 2.61. The maximum atomic E-state index is 13.1. The van der Waals surface area contributed by atoms with Crippen LogP contribution in [0.3, 0.4) is 0 Å². The number of amides is 1. The Balaban J connectivity index is 1.68. The fourth-order valence-corrected chi connectivity index (χ4v) is 10.1. The van der Waals surface area contributed by atoms with Crippen molar-refractivity contribution in [3.8, 4) is 0 Å². The Bertz CT molecular complexity index is 839. The predicted octanol–water partition coefficient (Wildman–Crippen LogP) is 6.17. The van der Waals surface area contributed by atoms with E-state index in [1.807, 2.05) is 6.92 Å². The molecule has 0 spiro atoms. The second kappa shape index (κ2) is 11.3. The highest BCUT2D eigenvalue weighted by Crippen LogP contribution is 2.70. The fraction of sp³-hybridized carbons (Fsp3) is 0.933. The van der Waals surface area contributed by atoms with Crippen LogP contribution >= 0.6 is 12.6 Å². The van der Waals surface area contributed by atoms with E-state index in [0.29, 0.717) is 41.3 Å². The number of carboxylic acid groups (broad SMARTS) is 1. The maximum absolute atomic E-state index is 13.1. The number of alkyl carbamates (subject to hydrolysis) is 1. The number of carbonyl (C=O) groups is 2. The van der Waals surface area contributed by atoms with Gasteiger partial charge in [0.25, 0.3) is 0 Å². The van der Waals surface area contributed by atoms with Crippen LogP contribution in [0.2, 0.25) is 0 Å². The Morgan fingerprint density at radius 1 is 1.05 bits per heavy atom. The Kier molecular flexibility index (Phi) is 8.85. The normalized spacial score (nSPS) is 44.6. The van der Waals surface area contributed by atoms with Gasteiger partial charge in [0.1, 0.15) is 6.10 Å². The predicted molar refractivity (Wildman–Crippen MR) is 149 cm³/mol. The molecule has 37 heavy (non-hydrogen) atoms. The lowest BCUT2D eigenvalue weighted by molar-refractivity contribution is -0.203. The third kappa shape index (κ3) is 5.29. The van der Waals surface area contributed by atoms with E-state index in [2.05, 4.69) is 45.6 Å². The molecule has 0 aliphatic heterocycles. The van der Waals surface area contributed by atoms with Gasteiger partial charge in [0.15, 0.2) is 0 Å². The molecule has 1 amide bonds. The van der Waals surface area contributed by atoms with Crippen molar-refractivity contribution in [3.05, 3.63) is 0 Å². The molecule has 4 fully saturated rings. The number of aliphatic carboxylic acids is 1. The van der Waals surface area contributed by atoms with E-state index in [1.165, 1.54) is 0 Å². The van der Waals surface area contributed by atoms with Crippen LogP contribution in [-0.4, -0.2) is 46.3 Å². The third-order valence-electron chi connectivity index (χ3n) is 11.8. The SMILES string of the molecule is CC[C@H]1[C@@H](OC(=O)NC(C)CS)[C@@H]2[C@H](CC[C@]3(C)[C@@H]([C@H](C)CCC(=O)O)CC[C@@H]23)[C@@]2(C)CC[C@@H](O)C[C@@H]12. The highest BCUT2D eigenvalue weighted by molar-refractivity contribution is 7.80. The standard InChI is InChI=1S/C30H51NO5S/c1-6-20-24-15-19(32)11-13-30(24,5)23-12-14-29(4)21(17(2)7-10-25(33)34)8-9-22(29)26(23)27(20)36-28(35)31-18(3)16-37/h17-24,26-27,32,37H,6-16H2,1-5H3,(H,31,35)(H,33,34)/t17-,18?,19-,20-,21-,22+,23+,24+,26+,27-,29-,30-/m1/s1. The van der Waals surface area contributed by atoms with Crippen molar-refractivity contribution in [2.75, 3.05) is 5.75 Å². The van der Waals surface area contributed by atoms with Gasteiger partial charge in [0.2, 0.25) is 0 Å². The number of fused-ring (bicyclic) bond motifs is 5.